The molecule has 1 aromatic carbocycles. The highest BCUT2D eigenvalue weighted by Gasteiger charge is 2.23. The van der Waals surface area contributed by atoms with Crippen molar-refractivity contribution in [3.8, 4) is 5.75 Å². The number of methoxy groups -OCH3 is 1. The van der Waals surface area contributed by atoms with Crippen molar-refractivity contribution < 1.29 is 14.3 Å². The molecular weight excluding hydrogens is 418 g/mol. The second-order valence-electron chi connectivity index (χ2n) is 6.40. The van der Waals surface area contributed by atoms with Crippen LogP contribution in [0.15, 0.2) is 28.1 Å². The Labute approximate surface area is 165 Å². The lowest BCUT2D eigenvalue weighted by Gasteiger charge is -2.34. The maximum absolute atomic E-state index is 12.4. The summed E-state index contributed by atoms with van der Waals surface area (Å²) in [6.07, 6.45) is 0.454. The van der Waals surface area contributed by atoms with E-state index >= 15 is 0 Å². The summed E-state index contributed by atoms with van der Waals surface area (Å²) in [5.74, 6) is 0.495. The van der Waals surface area contributed by atoms with Crippen molar-refractivity contribution in [1.29, 1.82) is 0 Å². The van der Waals surface area contributed by atoms with Crippen LogP contribution in [0.2, 0.25) is 0 Å². The monoisotopic (exact) mass is 439 g/mol. The number of nitrogens with zero attached hydrogens (tertiary/aromatic N) is 2. The Hall–Kier alpha value is -1.48. The second-order valence-corrected chi connectivity index (χ2v) is 8.11. The summed E-state index contributed by atoms with van der Waals surface area (Å²) in [5, 5.41) is 5.46. The lowest BCUT2D eigenvalue weighted by Crippen LogP contribution is -2.44. The van der Waals surface area contributed by atoms with Crippen molar-refractivity contribution in [2.45, 2.75) is 32.6 Å². The van der Waals surface area contributed by atoms with Crippen LogP contribution in [0.3, 0.4) is 0 Å². The van der Waals surface area contributed by atoms with Gasteiger partial charge in [-0.3, -0.25) is 15.0 Å². The van der Waals surface area contributed by atoms with E-state index in [9.17, 15) is 4.79 Å². The van der Waals surface area contributed by atoms with E-state index in [1.807, 2.05) is 5.38 Å². The molecule has 2 aromatic rings. The first kappa shape index (κ1) is 19.3. The minimum Gasteiger partial charge on any atom is -0.496 e. The van der Waals surface area contributed by atoms with E-state index in [1.165, 1.54) is 11.3 Å². The van der Waals surface area contributed by atoms with Crippen molar-refractivity contribution in [2.24, 2.45) is 0 Å². The molecule has 0 aliphatic carbocycles. The number of aromatic nitrogens is 1. The molecule has 140 valence electrons. The van der Waals surface area contributed by atoms with Gasteiger partial charge in [0, 0.05) is 30.6 Å². The van der Waals surface area contributed by atoms with Gasteiger partial charge in [0.05, 0.1) is 29.5 Å². The first-order valence-corrected chi connectivity index (χ1v) is 10.1. The van der Waals surface area contributed by atoms with Gasteiger partial charge < -0.3 is 9.47 Å². The van der Waals surface area contributed by atoms with Gasteiger partial charge in [-0.25, -0.2) is 4.98 Å². The molecule has 0 radical (unpaired) electrons. The number of amides is 1. The van der Waals surface area contributed by atoms with Crippen LogP contribution in [0.25, 0.3) is 0 Å². The van der Waals surface area contributed by atoms with E-state index in [1.54, 1.807) is 25.3 Å². The number of benzene rings is 1. The third-order valence-electron chi connectivity index (χ3n) is 4.07. The number of carbonyl (C=O) groups is 1. The van der Waals surface area contributed by atoms with Crippen LogP contribution >= 0.6 is 27.3 Å². The first-order valence-electron chi connectivity index (χ1n) is 8.41. The maximum Gasteiger partial charge on any atom is 0.257 e. The van der Waals surface area contributed by atoms with Gasteiger partial charge in [0.2, 0.25) is 0 Å². The van der Waals surface area contributed by atoms with Crippen LogP contribution in [0, 0.1) is 0 Å². The van der Waals surface area contributed by atoms with Crippen molar-refractivity contribution >= 4 is 38.3 Å². The fourth-order valence-electron chi connectivity index (χ4n) is 3.06. The van der Waals surface area contributed by atoms with Gasteiger partial charge >= 0.3 is 0 Å². The SMILES string of the molecule is COc1ccc(C(=O)Nc2nc(CN3CC(C)OC(C)C3)cs2)cc1Br. The minimum atomic E-state index is -0.192. The molecule has 2 atom stereocenters. The number of ether oxygens (including phenoxy) is 2. The van der Waals surface area contributed by atoms with Crippen LogP contribution in [0.1, 0.15) is 29.9 Å². The summed E-state index contributed by atoms with van der Waals surface area (Å²) in [4.78, 5) is 19.3. The third kappa shape index (κ3) is 4.82. The fourth-order valence-corrected chi connectivity index (χ4v) is 4.29. The number of halogens is 1. The lowest BCUT2D eigenvalue weighted by molar-refractivity contribution is -0.0707. The molecule has 0 saturated carbocycles. The number of morpholine rings is 1. The highest BCUT2D eigenvalue weighted by molar-refractivity contribution is 9.10. The lowest BCUT2D eigenvalue weighted by atomic mass is 10.2. The van der Waals surface area contributed by atoms with Gasteiger partial charge in [0.25, 0.3) is 5.91 Å². The number of carbonyl (C=O) groups excluding carboxylic acids is 1. The summed E-state index contributed by atoms with van der Waals surface area (Å²) in [6, 6.07) is 5.22. The van der Waals surface area contributed by atoms with Gasteiger partial charge in [-0.05, 0) is 48.0 Å². The molecule has 3 rings (SSSR count). The van der Waals surface area contributed by atoms with E-state index in [-0.39, 0.29) is 18.1 Å². The number of rotatable bonds is 5. The number of thiazole rings is 1. The molecule has 0 bridgehead atoms. The molecule has 1 amide bonds. The zero-order valence-electron chi connectivity index (χ0n) is 15.0. The standard InChI is InChI=1S/C18H22BrN3O3S/c1-11-7-22(8-12(2)25-11)9-14-10-26-18(20-14)21-17(23)13-4-5-16(24-3)15(19)6-13/h4-6,10-12H,7-9H2,1-3H3,(H,20,21,23). The minimum absolute atomic E-state index is 0.192. The molecule has 1 fully saturated rings. The summed E-state index contributed by atoms with van der Waals surface area (Å²) in [6.45, 7) is 6.72. The zero-order chi connectivity index (χ0) is 18.7. The molecule has 1 N–H and O–H groups in total. The average Bonchev–Trinajstić information content (AvgIpc) is 3.00. The van der Waals surface area contributed by atoms with Gasteiger partial charge in [-0.15, -0.1) is 11.3 Å². The molecule has 1 saturated heterocycles. The quantitative estimate of drug-likeness (QED) is 0.767. The molecule has 2 unspecified atom stereocenters. The third-order valence-corrected chi connectivity index (χ3v) is 5.49. The molecule has 1 aliphatic heterocycles. The smallest absolute Gasteiger partial charge is 0.257 e. The summed E-state index contributed by atoms with van der Waals surface area (Å²) in [7, 11) is 1.59. The predicted octanol–water partition coefficient (Wildman–Crippen LogP) is 3.78. The van der Waals surface area contributed by atoms with Gasteiger partial charge in [-0.1, -0.05) is 0 Å². The Kier molecular flexibility index (Phi) is 6.29. The summed E-state index contributed by atoms with van der Waals surface area (Å²) >= 11 is 4.83. The number of nitrogens with one attached hydrogen (secondary N) is 1. The number of anilines is 1. The summed E-state index contributed by atoms with van der Waals surface area (Å²) < 4.78 is 11.7. The first-order chi connectivity index (χ1) is 12.4. The van der Waals surface area contributed by atoms with E-state index in [0.717, 1.165) is 29.8 Å². The highest BCUT2D eigenvalue weighted by atomic mass is 79.9. The second kappa shape index (κ2) is 8.47. The van der Waals surface area contributed by atoms with Crippen LogP contribution in [-0.2, 0) is 11.3 Å². The Balaban J connectivity index is 1.61. The van der Waals surface area contributed by atoms with E-state index in [2.05, 4.69) is 45.0 Å². The van der Waals surface area contributed by atoms with E-state index in [4.69, 9.17) is 9.47 Å². The topological polar surface area (TPSA) is 63.7 Å². The van der Waals surface area contributed by atoms with Crippen molar-refractivity contribution in [3.63, 3.8) is 0 Å². The van der Waals surface area contributed by atoms with Crippen LogP contribution < -0.4 is 10.1 Å². The van der Waals surface area contributed by atoms with Crippen LogP contribution in [0.4, 0.5) is 5.13 Å². The van der Waals surface area contributed by atoms with E-state index < -0.39 is 0 Å². The van der Waals surface area contributed by atoms with Crippen LogP contribution in [-0.4, -0.2) is 48.2 Å². The van der Waals surface area contributed by atoms with Crippen molar-refractivity contribution in [2.75, 3.05) is 25.5 Å². The molecule has 8 heteroatoms. The number of hydrogen-bond acceptors (Lipinski definition) is 6. The molecule has 2 heterocycles. The zero-order valence-corrected chi connectivity index (χ0v) is 17.4. The molecular formula is C18H22BrN3O3S. The normalized spacial score (nSPS) is 20.8. The number of hydrogen-bond donors (Lipinski definition) is 1. The fraction of sp³-hybridized carbons (Fsp3) is 0.444. The van der Waals surface area contributed by atoms with Gasteiger partial charge in [-0.2, -0.15) is 0 Å². The molecule has 26 heavy (non-hydrogen) atoms. The largest absolute Gasteiger partial charge is 0.496 e. The van der Waals surface area contributed by atoms with Gasteiger partial charge in [0.15, 0.2) is 5.13 Å². The molecule has 1 aliphatic rings. The maximum atomic E-state index is 12.4. The predicted molar refractivity (Wildman–Crippen MR) is 106 cm³/mol. The molecule has 0 spiro atoms. The Morgan fingerprint density at radius 1 is 1.42 bits per heavy atom. The summed E-state index contributed by atoms with van der Waals surface area (Å²) in [5.41, 5.74) is 1.51. The Morgan fingerprint density at radius 2 is 2.15 bits per heavy atom. The van der Waals surface area contributed by atoms with Crippen molar-refractivity contribution in [1.82, 2.24) is 9.88 Å². The van der Waals surface area contributed by atoms with Gasteiger partial charge in [0.1, 0.15) is 5.75 Å². The van der Waals surface area contributed by atoms with E-state index in [0.29, 0.717) is 16.4 Å². The van der Waals surface area contributed by atoms with Crippen molar-refractivity contribution in [3.05, 3.63) is 39.3 Å². The van der Waals surface area contributed by atoms with Crippen LogP contribution in [0.5, 0.6) is 5.75 Å². The molecule has 6 nitrogen and oxygen atoms in total. The average molecular weight is 440 g/mol. The molecule has 1 aromatic heterocycles. The Bertz CT molecular complexity index is 773. The highest BCUT2D eigenvalue weighted by Crippen LogP contribution is 2.26. The Morgan fingerprint density at radius 3 is 2.81 bits per heavy atom.